The summed E-state index contributed by atoms with van der Waals surface area (Å²) in [6, 6.07) is 3.73. The van der Waals surface area contributed by atoms with Gasteiger partial charge in [0.15, 0.2) is 0 Å². The maximum Gasteiger partial charge on any atom is 0.323 e. The van der Waals surface area contributed by atoms with E-state index in [0.29, 0.717) is 29.6 Å². The van der Waals surface area contributed by atoms with E-state index < -0.39 is 34.5 Å². The maximum absolute atomic E-state index is 12.6. The molecule has 1 amide bonds. The second kappa shape index (κ2) is 6.87. The highest BCUT2D eigenvalue weighted by atomic mass is 35.5. The molecule has 1 aliphatic rings. The minimum absolute atomic E-state index is 0.0282. The highest BCUT2D eigenvalue weighted by Gasteiger charge is 2.33. The van der Waals surface area contributed by atoms with E-state index in [9.17, 15) is 18.0 Å². The minimum atomic E-state index is -3.93. The highest BCUT2D eigenvalue weighted by Crippen LogP contribution is 2.29. The molecule has 0 saturated carbocycles. The molecule has 0 radical (unpaired) electrons. The Kier molecular flexibility index (Phi) is 4.96. The highest BCUT2D eigenvalue weighted by molar-refractivity contribution is 7.91. The second-order valence-electron chi connectivity index (χ2n) is 5.56. The fourth-order valence-electron chi connectivity index (χ4n) is 2.62. The molecule has 8 nitrogen and oxygen atoms in total. The predicted molar refractivity (Wildman–Crippen MR) is 92.2 cm³/mol. The number of carbonyl (C=O) groups is 2. The Morgan fingerprint density at radius 2 is 2.24 bits per heavy atom. The fraction of sp³-hybridized carbons (Fsp3) is 0.357. The summed E-state index contributed by atoms with van der Waals surface area (Å²) >= 11 is 6.76. The van der Waals surface area contributed by atoms with Gasteiger partial charge in [0.2, 0.25) is 5.91 Å². The molecule has 1 saturated heterocycles. The normalized spacial score (nSPS) is 18.7. The number of halogens is 1. The number of nitrogens with zero attached hydrogens (tertiary/aromatic N) is 2. The predicted octanol–water partition coefficient (Wildman–Crippen LogP) is 1.30. The van der Waals surface area contributed by atoms with Crippen LogP contribution in [0.15, 0.2) is 22.4 Å². The molecule has 3 heterocycles. The maximum atomic E-state index is 12.6. The van der Waals surface area contributed by atoms with Crippen LogP contribution >= 0.6 is 22.9 Å². The van der Waals surface area contributed by atoms with Gasteiger partial charge in [0, 0.05) is 11.9 Å². The third kappa shape index (κ3) is 3.92. The van der Waals surface area contributed by atoms with Gasteiger partial charge in [0.25, 0.3) is 10.0 Å². The molecule has 3 rings (SSSR count). The zero-order chi connectivity index (χ0) is 18.2. The summed E-state index contributed by atoms with van der Waals surface area (Å²) in [6.45, 7) is -0.142. The van der Waals surface area contributed by atoms with Crippen LogP contribution in [0.3, 0.4) is 0 Å². The van der Waals surface area contributed by atoms with Crippen LogP contribution in [-0.2, 0) is 19.6 Å². The van der Waals surface area contributed by atoms with Gasteiger partial charge in [-0.1, -0.05) is 11.6 Å². The topological polar surface area (TPSA) is 117 Å². The number of pyridine rings is 1. The third-order valence-corrected chi connectivity index (χ3v) is 6.95. The van der Waals surface area contributed by atoms with E-state index in [2.05, 4.69) is 9.71 Å². The van der Waals surface area contributed by atoms with E-state index in [-0.39, 0.29) is 9.36 Å². The van der Waals surface area contributed by atoms with Crippen LogP contribution in [0.25, 0.3) is 10.2 Å². The number of carbonyl (C=O) groups excluding carboxylic acids is 1. The number of carboxylic acid groups (broad SMARTS) is 1. The fourth-order valence-corrected chi connectivity index (χ4v) is 5.39. The van der Waals surface area contributed by atoms with Gasteiger partial charge >= 0.3 is 5.97 Å². The van der Waals surface area contributed by atoms with Crippen molar-refractivity contribution >= 4 is 55.1 Å². The van der Waals surface area contributed by atoms with E-state index in [1.54, 1.807) is 12.1 Å². The largest absolute Gasteiger partial charge is 0.480 e. The molecule has 0 bridgehead atoms. The van der Waals surface area contributed by atoms with E-state index in [1.807, 2.05) is 0 Å². The number of likely N-dealkylation sites (tertiary alicyclic amines) is 1. The number of aromatic nitrogens is 1. The molecule has 11 heteroatoms. The number of nitrogens with one attached hydrogen (secondary N) is 1. The molecule has 2 N–H and O–H groups in total. The lowest BCUT2D eigenvalue weighted by Crippen LogP contribution is -2.53. The smallest absolute Gasteiger partial charge is 0.323 e. The summed E-state index contributed by atoms with van der Waals surface area (Å²) in [5.74, 6) is -1.66. The van der Waals surface area contributed by atoms with Gasteiger partial charge in [-0.25, -0.2) is 13.4 Å². The van der Waals surface area contributed by atoms with Crippen molar-refractivity contribution in [3.05, 3.63) is 23.4 Å². The van der Waals surface area contributed by atoms with E-state index in [4.69, 9.17) is 16.7 Å². The summed E-state index contributed by atoms with van der Waals surface area (Å²) in [4.78, 5) is 28.8. The number of carboxylic acids is 1. The molecule has 1 fully saturated rings. The van der Waals surface area contributed by atoms with Gasteiger partial charge in [-0.3, -0.25) is 9.59 Å². The molecule has 0 aliphatic carbocycles. The number of sulfonamides is 1. The molecule has 1 aliphatic heterocycles. The SMILES string of the molecule is O=C(O)CN1CCCC(NS(=O)(=O)c2cc3ccc(Cl)nc3s2)C1=O. The van der Waals surface area contributed by atoms with Crippen LogP contribution in [0.4, 0.5) is 0 Å². The number of hydrogen-bond donors (Lipinski definition) is 2. The zero-order valence-electron chi connectivity index (χ0n) is 12.8. The van der Waals surface area contributed by atoms with Crippen molar-refractivity contribution in [2.24, 2.45) is 0 Å². The van der Waals surface area contributed by atoms with Gasteiger partial charge in [-0.2, -0.15) is 4.72 Å². The number of piperidine rings is 1. The van der Waals surface area contributed by atoms with Crippen molar-refractivity contribution in [2.45, 2.75) is 23.1 Å². The first-order valence-electron chi connectivity index (χ1n) is 7.35. The van der Waals surface area contributed by atoms with E-state index in [1.165, 1.54) is 6.07 Å². The Labute approximate surface area is 152 Å². The van der Waals surface area contributed by atoms with Crippen LogP contribution in [0.1, 0.15) is 12.8 Å². The molecular formula is C14H14ClN3O5S2. The summed E-state index contributed by atoms with van der Waals surface area (Å²) in [7, 11) is -3.93. The lowest BCUT2D eigenvalue weighted by atomic mass is 10.1. The first-order valence-corrected chi connectivity index (χ1v) is 10.0. The van der Waals surface area contributed by atoms with Crippen molar-refractivity contribution < 1.29 is 23.1 Å². The third-order valence-electron chi connectivity index (χ3n) is 3.75. The van der Waals surface area contributed by atoms with Crippen LogP contribution in [-0.4, -0.2) is 54.4 Å². The monoisotopic (exact) mass is 403 g/mol. The molecule has 0 aromatic carbocycles. The van der Waals surface area contributed by atoms with Gasteiger partial charge in [0.05, 0.1) is 0 Å². The minimum Gasteiger partial charge on any atom is -0.480 e. The standard InChI is InChI=1S/C14H14ClN3O5S2/c15-10-4-3-8-6-12(24-13(8)16-10)25(22,23)17-9-2-1-5-18(14(9)21)7-11(19)20/h3-4,6,9,17H,1-2,5,7H2,(H,19,20). The van der Waals surface area contributed by atoms with Crippen LogP contribution in [0.5, 0.6) is 0 Å². The Bertz CT molecular complexity index is 943. The zero-order valence-corrected chi connectivity index (χ0v) is 15.2. The molecule has 2 aromatic rings. The molecule has 2 aromatic heterocycles. The number of aliphatic carboxylic acids is 1. The molecule has 1 unspecified atom stereocenters. The van der Waals surface area contributed by atoms with Crippen LogP contribution < -0.4 is 4.72 Å². The number of fused-ring (bicyclic) bond motifs is 1. The van der Waals surface area contributed by atoms with E-state index in [0.717, 1.165) is 16.2 Å². The number of rotatable bonds is 5. The lowest BCUT2D eigenvalue weighted by Gasteiger charge is -2.31. The van der Waals surface area contributed by atoms with Gasteiger partial charge in [0.1, 0.15) is 26.8 Å². The van der Waals surface area contributed by atoms with Crippen molar-refractivity contribution in [2.75, 3.05) is 13.1 Å². The van der Waals surface area contributed by atoms with Gasteiger partial charge < -0.3 is 10.0 Å². The van der Waals surface area contributed by atoms with E-state index >= 15 is 0 Å². The Morgan fingerprint density at radius 3 is 2.96 bits per heavy atom. The average Bonchev–Trinajstić information content (AvgIpc) is 2.94. The van der Waals surface area contributed by atoms with Gasteiger partial charge in [-0.15, -0.1) is 11.3 Å². The molecular weight excluding hydrogens is 390 g/mol. The number of amides is 1. The Balaban J connectivity index is 1.82. The Hall–Kier alpha value is -1.75. The second-order valence-corrected chi connectivity index (χ2v) is 8.92. The van der Waals surface area contributed by atoms with Crippen molar-refractivity contribution in [3.63, 3.8) is 0 Å². The van der Waals surface area contributed by atoms with Gasteiger partial charge in [-0.05, 0) is 31.0 Å². The van der Waals surface area contributed by atoms with Crippen LogP contribution in [0.2, 0.25) is 5.15 Å². The van der Waals surface area contributed by atoms with Crippen molar-refractivity contribution in [1.82, 2.24) is 14.6 Å². The molecule has 134 valence electrons. The first-order chi connectivity index (χ1) is 11.8. The summed E-state index contributed by atoms with van der Waals surface area (Å²) in [6.07, 6.45) is 0.846. The Morgan fingerprint density at radius 1 is 1.48 bits per heavy atom. The number of thiophene rings is 1. The van der Waals surface area contributed by atoms with Crippen molar-refractivity contribution in [3.8, 4) is 0 Å². The molecule has 0 spiro atoms. The summed E-state index contributed by atoms with van der Waals surface area (Å²) < 4.78 is 27.6. The quantitative estimate of drug-likeness (QED) is 0.727. The number of hydrogen-bond acceptors (Lipinski definition) is 6. The summed E-state index contributed by atoms with van der Waals surface area (Å²) in [5, 5.41) is 9.73. The summed E-state index contributed by atoms with van der Waals surface area (Å²) in [5.41, 5.74) is 0. The lowest BCUT2D eigenvalue weighted by molar-refractivity contribution is -0.146. The first kappa shape index (κ1) is 18.1. The van der Waals surface area contributed by atoms with Crippen LogP contribution in [0, 0.1) is 0 Å². The molecule has 25 heavy (non-hydrogen) atoms. The molecule has 1 atom stereocenters. The average molecular weight is 404 g/mol. The van der Waals surface area contributed by atoms with Crippen molar-refractivity contribution in [1.29, 1.82) is 0 Å².